The van der Waals surface area contributed by atoms with Crippen LogP contribution in [0, 0.1) is 0 Å². The second kappa shape index (κ2) is 6.65. The van der Waals surface area contributed by atoms with Gasteiger partial charge in [0.1, 0.15) is 21.7 Å². The lowest BCUT2D eigenvalue weighted by molar-refractivity contribution is 0.102. The number of methoxy groups -OCH3 is 2. The molecular weight excluding hydrogens is 348 g/mol. The summed E-state index contributed by atoms with van der Waals surface area (Å²) < 4.78 is 11.6. The van der Waals surface area contributed by atoms with E-state index in [0.717, 1.165) is 15.5 Å². The van der Waals surface area contributed by atoms with Crippen LogP contribution >= 0.6 is 11.3 Å². The highest BCUT2D eigenvalue weighted by Gasteiger charge is 2.16. The number of carbonyl (C=O) groups is 1. The predicted octanol–water partition coefficient (Wildman–Crippen LogP) is 4.72. The zero-order valence-corrected chi connectivity index (χ0v) is 15.1. The number of rotatable bonds is 4. The summed E-state index contributed by atoms with van der Waals surface area (Å²) in [7, 11) is 3.20. The zero-order chi connectivity index (χ0) is 18.1. The van der Waals surface area contributed by atoms with Crippen LogP contribution in [0.25, 0.3) is 21.0 Å². The number of nitrogens with one attached hydrogen (secondary N) is 1. The molecule has 1 heterocycles. The van der Waals surface area contributed by atoms with Crippen molar-refractivity contribution >= 4 is 43.4 Å². The molecule has 0 radical (unpaired) electrons. The molecule has 0 unspecified atom stereocenters. The Bertz CT molecular complexity index is 1070. The number of aromatic nitrogens is 1. The van der Waals surface area contributed by atoms with Crippen LogP contribution in [0.5, 0.6) is 11.5 Å². The summed E-state index contributed by atoms with van der Waals surface area (Å²) in [5.74, 6) is 1.14. The smallest absolute Gasteiger partial charge is 0.258 e. The van der Waals surface area contributed by atoms with Crippen LogP contribution in [0.4, 0.5) is 5.13 Å². The van der Waals surface area contributed by atoms with Crippen molar-refractivity contribution in [2.45, 2.75) is 0 Å². The molecule has 6 heteroatoms. The van der Waals surface area contributed by atoms with Crippen LogP contribution < -0.4 is 14.8 Å². The third kappa shape index (κ3) is 2.74. The van der Waals surface area contributed by atoms with E-state index < -0.39 is 0 Å². The lowest BCUT2D eigenvalue weighted by Gasteiger charge is -2.05. The summed E-state index contributed by atoms with van der Waals surface area (Å²) in [4.78, 5) is 17.3. The first-order valence-electron chi connectivity index (χ1n) is 8.02. The molecule has 0 spiro atoms. The normalized spacial score (nSPS) is 10.8. The molecule has 5 nitrogen and oxygen atoms in total. The maximum absolute atomic E-state index is 12.8. The van der Waals surface area contributed by atoms with E-state index in [-0.39, 0.29) is 5.91 Å². The molecule has 0 saturated heterocycles. The van der Waals surface area contributed by atoms with Gasteiger partial charge in [0.2, 0.25) is 0 Å². The van der Waals surface area contributed by atoms with Crippen LogP contribution in [0.3, 0.4) is 0 Å². The van der Waals surface area contributed by atoms with Gasteiger partial charge in [-0.2, -0.15) is 0 Å². The van der Waals surface area contributed by atoms with E-state index in [1.165, 1.54) is 11.3 Å². The predicted molar refractivity (Wildman–Crippen MR) is 105 cm³/mol. The molecule has 0 aliphatic heterocycles. The van der Waals surface area contributed by atoms with Crippen molar-refractivity contribution in [2.75, 3.05) is 19.5 Å². The Labute approximate surface area is 154 Å². The minimum Gasteiger partial charge on any atom is -0.495 e. The Morgan fingerprint density at radius 3 is 2.50 bits per heavy atom. The summed E-state index contributed by atoms with van der Waals surface area (Å²) in [6, 6.07) is 17.1. The summed E-state index contributed by atoms with van der Waals surface area (Å²) in [5.41, 5.74) is 1.28. The Morgan fingerprint density at radius 1 is 0.962 bits per heavy atom. The number of hydrogen-bond acceptors (Lipinski definition) is 5. The fraction of sp³-hybridized carbons (Fsp3) is 0.100. The first-order chi connectivity index (χ1) is 12.7. The van der Waals surface area contributed by atoms with Crippen LogP contribution in [-0.4, -0.2) is 25.1 Å². The van der Waals surface area contributed by atoms with Gasteiger partial charge in [0.05, 0.1) is 14.2 Å². The molecule has 1 aromatic heterocycles. The second-order valence-corrected chi connectivity index (χ2v) is 6.65. The Hall–Kier alpha value is -3.12. The van der Waals surface area contributed by atoms with Crippen molar-refractivity contribution in [1.82, 2.24) is 4.98 Å². The van der Waals surface area contributed by atoms with E-state index in [4.69, 9.17) is 9.47 Å². The monoisotopic (exact) mass is 364 g/mol. The molecule has 130 valence electrons. The number of benzene rings is 3. The number of carbonyl (C=O) groups excluding carboxylic acids is 1. The number of thiazole rings is 1. The largest absolute Gasteiger partial charge is 0.495 e. The van der Waals surface area contributed by atoms with Gasteiger partial charge < -0.3 is 9.47 Å². The van der Waals surface area contributed by atoms with E-state index in [1.54, 1.807) is 20.3 Å². The van der Waals surface area contributed by atoms with E-state index >= 15 is 0 Å². The average molecular weight is 364 g/mol. The third-order valence-electron chi connectivity index (χ3n) is 4.16. The number of ether oxygens (including phenoxy) is 2. The third-order valence-corrected chi connectivity index (χ3v) is 5.15. The lowest BCUT2D eigenvalue weighted by atomic mass is 10.0. The van der Waals surface area contributed by atoms with Crippen molar-refractivity contribution in [3.63, 3.8) is 0 Å². The first-order valence-corrected chi connectivity index (χ1v) is 8.83. The number of hydrogen-bond donors (Lipinski definition) is 1. The molecule has 0 atom stereocenters. The van der Waals surface area contributed by atoms with Crippen LogP contribution in [0.1, 0.15) is 10.4 Å². The molecule has 0 aliphatic rings. The van der Waals surface area contributed by atoms with Crippen molar-refractivity contribution < 1.29 is 14.3 Å². The highest BCUT2D eigenvalue weighted by Crippen LogP contribution is 2.39. The van der Waals surface area contributed by atoms with Gasteiger partial charge in [-0.15, -0.1) is 0 Å². The van der Waals surface area contributed by atoms with E-state index in [0.29, 0.717) is 27.7 Å². The molecule has 0 fully saturated rings. The van der Waals surface area contributed by atoms with Gasteiger partial charge in [-0.05, 0) is 29.0 Å². The molecule has 3 aromatic carbocycles. The topological polar surface area (TPSA) is 60.5 Å². The maximum Gasteiger partial charge on any atom is 0.258 e. The Morgan fingerprint density at radius 2 is 1.69 bits per heavy atom. The zero-order valence-electron chi connectivity index (χ0n) is 14.3. The van der Waals surface area contributed by atoms with Crippen molar-refractivity contribution in [3.8, 4) is 11.5 Å². The molecule has 1 amide bonds. The van der Waals surface area contributed by atoms with Crippen LogP contribution in [0.15, 0.2) is 54.6 Å². The number of fused-ring (bicyclic) bond motifs is 2. The quantitative estimate of drug-likeness (QED) is 0.569. The van der Waals surface area contributed by atoms with Gasteiger partial charge in [0.15, 0.2) is 5.13 Å². The highest BCUT2D eigenvalue weighted by molar-refractivity contribution is 7.22. The van der Waals surface area contributed by atoms with Gasteiger partial charge in [0, 0.05) is 5.56 Å². The first kappa shape index (κ1) is 16.4. The maximum atomic E-state index is 12.8. The van der Waals surface area contributed by atoms with Gasteiger partial charge in [-0.3, -0.25) is 10.1 Å². The Kier molecular flexibility index (Phi) is 4.18. The van der Waals surface area contributed by atoms with E-state index in [2.05, 4.69) is 10.3 Å². The average Bonchev–Trinajstić information content (AvgIpc) is 3.10. The second-order valence-electron chi connectivity index (χ2n) is 5.65. The van der Waals surface area contributed by atoms with Gasteiger partial charge in [0.25, 0.3) is 5.91 Å². The molecule has 1 N–H and O–H groups in total. The van der Waals surface area contributed by atoms with E-state index in [9.17, 15) is 4.79 Å². The van der Waals surface area contributed by atoms with Gasteiger partial charge >= 0.3 is 0 Å². The summed E-state index contributed by atoms with van der Waals surface area (Å²) in [5, 5.41) is 5.33. The van der Waals surface area contributed by atoms with Crippen LogP contribution in [0.2, 0.25) is 0 Å². The fourth-order valence-electron chi connectivity index (χ4n) is 2.93. The van der Waals surface area contributed by atoms with Crippen LogP contribution in [-0.2, 0) is 0 Å². The molecule has 4 aromatic rings. The molecule has 0 saturated carbocycles. The van der Waals surface area contributed by atoms with E-state index in [1.807, 2.05) is 48.5 Å². The lowest BCUT2D eigenvalue weighted by Crippen LogP contribution is -2.12. The molecule has 4 rings (SSSR count). The molecule has 0 bridgehead atoms. The standard InChI is InChI=1S/C20H16N2O3S/c1-24-15-10-11-16(25-2)18-17(15)21-20(26-18)22-19(23)14-9-5-7-12-6-3-4-8-13(12)14/h3-11H,1-2H3,(H,21,22,23). The fourth-order valence-corrected chi connectivity index (χ4v) is 3.90. The minimum atomic E-state index is -0.196. The Balaban J connectivity index is 1.74. The van der Waals surface area contributed by atoms with Crippen molar-refractivity contribution in [3.05, 3.63) is 60.2 Å². The number of amides is 1. The highest BCUT2D eigenvalue weighted by atomic mass is 32.1. The molecule has 26 heavy (non-hydrogen) atoms. The summed E-state index contributed by atoms with van der Waals surface area (Å²) >= 11 is 1.36. The van der Waals surface area contributed by atoms with Gasteiger partial charge in [-0.25, -0.2) is 4.98 Å². The number of nitrogens with zero attached hydrogens (tertiary/aromatic N) is 1. The molecular formula is C20H16N2O3S. The van der Waals surface area contributed by atoms with Gasteiger partial charge in [-0.1, -0.05) is 47.7 Å². The summed E-state index contributed by atoms with van der Waals surface area (Å²) in [6.45, 7) is 0. The SMILES string of the molecule is COc1ccc(OC)c2sc(NC(=O)c3cccc4ccccc34)nc12. The minimum absolute atomic E-state index is 0.196. The van der Waals surface area contributed by atoms with Crippen molar-refractivity contribution in [2.24, 2.45) is 0 Å². The molecule has 0 aliphatic carbocycles. The summed E-state index contributed by atoms with van der Waals surface area (Å²) in [6.07, 6.45) is 0. The number of anilines is 1. The van der Waals surface area contributed by atoms with Crippen molar-refractivity contribution in [1.29, 1.82) is 0 Å².